The van der Waals surface area contributed by atoms with Gasteiger partial charge in [-0.2, -0.15) is 0 Å². The van der Waals surface area contributed by atoms with Crippen LogP contribution in [0.3, 0.4) is 0 Å². The van der Waals surface area contributed by atoms with E-state index in [1.54, 1.807) is 32.0 Å². The molecule has 1 aromatic rings. The second kappa shape index (κ2) is 15.9. The van der Waals surface area contributed by atoms with Crippen LogP contribution >= 0.6 is 11.6 Å². The summed E-state index contributed by atoms with van der Waals surface area (Å²) >= 11 is 6.21. The summed E-state index contributed by atoms with van der Waals surface area (Å²) in [7, 11) is 4.02. The number of carbonyl (C=O) groups excluding carboxylic acids is 2. The summed E-state index contributed by atoms with van der Waals surface area (Å²) in [5.41, 5.74) is 0.465. The van der Waals surface area contributed by atoms with Gasteiger partial charge in [0.25, 0.3) is 0 Å². The first kappa shape index (κ1) is 45.2. The van der Waals surface area contributed by atoms with Gasteiger partial charge < -0.3 is 19.8 Å². The van der Waals surface area contributed by atoms with Crippen LogP contribution < -0.4 is 0 Å². The van der Waals surface area contributed by atoms with E-state index in [4.69, 9.17) is 16.3 Å². The van der Waals surface area contributed by atoms with Crippen LogP contribution in [0.5, 0.6) is 0 Å². The smallest absolute Gasteiger partial charge is 0.309 e. The first-order valence-electron chi connectivity index (χ1n) is 22.0. The number of esters is 1. The Hall–Kier alpha value is -2.33. The topological polar surface area (TPSA) is 107 Å². The molecule has 0 saturated heterocycles. The van der Waals surface area contributed by atoms with Crippen molar-refractivity contribution in [3.05, 3.63) is 45.7 Å². The quantitative estimate of drug-likeness (QED) is 0.190. The van der Waals surface area contributed by atoms with Gasteiger partial charge in [0.05, 0.1) is 23.0 Å². The van der Waals surface area contributed by atoms with Gasteiger partial charge >= 0.3 is 11.9 Å². The first-order valence-corrected chi connectivity index (χ1v) is 22.4. The van der Waals surface area contributed by atoms with Gasteiger partial charge in [-0.15, -0.1) is 0 Å². The zero-order valence-corrected chi connectivity index (χ0v) is 38.0. The number of likely N-dealkylation sites (N-methyl/N-ethyl adjacent to an activating group) is 1. The lowest BCUT2D eigenvalue weighted by Gasteiger charge is -2.72. The number of aliphatic carboxylic acids is 1. The summed E-state index contributed by atoms with van der Waals surface area (Å²) in [4.78, 5) is 43.5. The predicted molar refractivity (Wildman–Crippen MR) is 227 cm³/mol. The Balaban J connectivity index is 1.29. The van der Waals surface area contributed by atoms with E-state index in [0.29, 0.717) is 43.5 Å². The standard InChI is InChI=1S/C48H72ClFN2O6/c1-29(2)39-33(53)25-48(36(54)28-52(24-23-51(10)11)27-30-13-12-14-32(49)41(30)50)22-21-46(8)31(40(39)48)15-16-35-45(7)19-18-37(58-38(55)26-43(3,4)42(56)57)44(5,6)34(45)17-20-47(35,46)9/h12-14,29,31,34-37,54H,15-28H2,1-11H3,(H,56,57)/t31-,34+,35-,36-,37+,45+,46-,47-,48+/m1/s1. The molecule has 58 heavy (non-hydrogen) atoms. The third kappa shape index (κ3) is 7.42. The van der Waals surface area contributed by atoms with Gasteiger partial charge in [-0.1, -0.05) is 77.8 Å². The summed E-state index contributed by atoms with van der Waals surface area (Å²) in [6.07, 6.45) is 6.52. The number of allylic oxidation sites excluding steroid dienone is 1. The number of Topliss-reactive ketones (excluding diaryl/α,β-unsaturated/α-hetero) is 1. The number of ether oxygens (including phenoxy) is 1. The van der Waals surface area contributed by atoms with Crippen molar-refractivity contribution in [1.82, 2.24) is 9.80 Å². The first-order chi connectivity index (χ1) is 26.9. The number of aliphatic hydroxyl groups excluding tert-OH is 1. The molecule has 5 aliphatic carbocycles. The number of hydrogen-bond donors (Lipinski definition) is 2. The number of carboxylic acids is 1. The van der Waals surface area contributed by atoms with Crippen molar-refractivity contribution in [1.29, 1.82) is 0 Å². The van der Waals surface area contributed by atoms with Crippen molar-refractivity contribution in [3.63, 3.8) is 0 Å². The average Bonchev–Trinajstić information content (AvgIpc) is 3.43. The van der Waals surface area contributed by atoms with Gasteiger partial charge in [-0.05, 0) is 131 Å². The van der Waals surface area contributed by atoms with Crippen molar-refractivity contribution in [3.8, 4) is 0 Å². The highest BCUT2D eigenvalue weighted by molar-refractivity contribution is 6.30. The minimum atomic E-state index is -1.19. The molecule has 2 N–H and O–H groups in total. The molecule has 4 saturated carbocycles. The molecule has 324 valence electrons. The normalized spacial score (nSPS) is 35.1. The average molecular weight is 828 g/mol. The van der Waals surface area contributed by atoms with Gasteiger partial charge in [0.1, 0.15) is 11.9 Å². The van der Waals surface area contributed by atoms with Gasteiger partial charge in [0.15, 0.2) is 5.78 Å². The minimum absolute atomic E-state index is 0.00797. The second-order valence-electron chi connectivity index (χ2n) is 21.8. The number of carbonyl (C=O) groups is 3. The molecule has 9 atom stereocenters. The molecule has 0 amide bonds. The Morgan fingerprint density at radius 1 is 0.966 bits per heavy atom. The third-order valence-electron chi connectivity index (χ3n) is 17.2. The van der Waals surface area contributed by atoms with E-state index in [9.17, 15) is 24.6 Å². The van der Waals surface area contributed by atoms with Crippen LogP contribution in [-0.4, -0.2) is 83.7 Å². The number of halogens is 2. The molecule has 0 bridgehead atoms. The number of ketones is 1. The summed E-state index contributed by atoms with van der Waals surface area (Å²) in [6.45, 7) is 21.5. The molecule has 1 aromatic carbocycles. The third-order valence-corrected chi connectivity index (χ3v) is 17.5. The zero-order chi connectivity index (χ0) is 43.0. The van der Waals surface area contributed by atoms with Gasteiger partial charge in [0.2, 0.25) is 0 Å². The summed E-state index contributed by atoms with van der Waals surface area (Å²) in [6, 6.07) is 5.09. The fourth-order valence-electron chi connectivity index (χ4n) is 13.8. The number of fused-ring (bicyclic) bond motifs is 7. The summed E-state index contributed by atoms with van der Waals surface area (Å²) in [5, 5.41) is 22.4. The van der Waals surface area contributed by atoms with Crippen LogP contribution in [0, 0.1) is 62.0 Å². The van der Waals surface area contributed by atoms with Crippen molar-refractivity contribution in [2.24, 2.45) is 56.2 Å². The minimum Gasteiger partial charge on any atom is -0.481 e. The highest BCUT2D eigenvalue weighted by Crippen LogP contribution is 2.77. The number of nitrogens with zero attached hydrogens (tertiary/aromatic N) is 2. The molecule has 10 heteroatoms. The molecular formula is C48H72ClFN2O6. The van der Waals surface area contributed by atoms with Crippen molar-refractivity contribution < 1.29 is 33.7 Å². The number of hydrogen-bond acceptors (Lipinski definition) is 7. The Bertz CT molecular complexity index is 1810. The molecule has 4 fully saturated rings. The van der Waals surface area contributed by atoms with E-state index in [1.165, 1.54) is 5.57 Å². The van der Waals surface area contributed by atoms with Crippen molar-refractivity contribution in [2.45, 2.75) is 145 Å². The number of benzene rings is 1. The number of rotatable bonds is 13. The Morgan fingerprint density at radius 3 is 2.29 bits per heavy atom. The molecular weight excluding hydrogens is 755 g/mol. The lowest BCUT2D eigenvalue weighted by Crippen LogP contribution is -2.66. The maximum Gasteiger partial charge on any atom is 0.309 e. The van der Waals surface area contributed by atoms with E-state index in [2.05, 4.69) is 58.3 Å². The van der Waals surface area contributed by atoms with Gasteiger partial charge in [-0.25, -0.2) is 4.39 Å². The second-order valence-corrected chi connectivity index (χ2v) is 22.2. The molecule has 0 aliphatic heterocycles. The molecule has 5 aliphatic rings. The molecule has 0 radical (unpaired) electrons. The zero-order valence-electron chi connectivity index (χ0n) is 37.3. The Labute approximate surface area is 352 Å². The number of carboxylic acid groups (broad SMARTS) is 1. The highest BCUT2D eigenvalue weighted by Gasteiger charge is 2.71. The van der Waals surface area contributed by atoms with Gasteiger partial charge in [-0.3, -0.25) is 19.3 Å². The summed E-state index contributed by atoms with van der Waals surface area (Å²) < 4.78 is 21.4. The monoisotopic (exact) mass is 827 g/mol. The van der Waals surface area contributed by atoms with Crippen LogP contribution in [0.4, 0.5) is 4.39 Å². The molecule has 8 nitrogen and oxygen atoms in total. The predicted octanol–water partition coefficient (Wildman–Crippen LogP) is 9.60. The van der Waals surface area contributed by atoms with E-state index in [-0.39, 0.29) is 56.8 Å². The van der Waals surface area contributed by atoms with E-state index in [1.807, 2.05) is 14.1 Å². The van der Waals surface area contributed by atoms with Crippen LogP contribution in [0.25, 0.3) is 0 Å². The van der Waals surface area contributed by atoms with Crippen LogP contribution in [0.1, 0.15) is 132 Å². The molecule has 0 spiro atoms. The largest absolute Gasteiger partial charge is 0.481 e. The fraction of sp³-hybridized carbons (Fsp3) is 0.771. The molecule has 0 unspecified atom stereocenters. The molecule has 0 aromatic heterocycles. The Morgan fingerprint density at radius 2 is 1.66 bits per heavy atom. The SMILES string of the molecule is CC(C)C1=C2[C@H]3CC[C@@H]4[C@@]5(C)CC[C@H](OC(=O)CC(C)(C)C(=O)O)C(C)(C)[C@@H]5CC[C@@]4(C)[C@]3(C)CC[C@@]2([C@H](O)CN(CCN(C)C)Cc2cccc(Cl)c2F)CC1=O. The lowest BCUT2D eigenvalue weighted by molar-refractivity contribution is -0.235. The fourth-order valence-corrected chi connectivity index (χ4v) is 14.0. The van der Waals surface area contributed by atoms with Crippen molar-refractivity contribution >= 4 is 29.3 Å². The number of aliphatic hydroxyl groups is 1. The van der Waals surface area contributed by atoms with E-state index < -0.39 is 34.7 Å². The van der Waals surface area contributed by atoms with E-state index in [0.717, 1.165) is 63.5 Å². The maximum atomic E-state index is 15.3. The van der Waals surface area contributed by atoms with Crippen LogP contribution in [0.2, 0.25) is 5.02 Å². The van der Waals surface area contributed by atoms with Crippen LogP contribution in [-0.2, 0) is 25.7 Å². The maximum absolute atomic E-state index is 15.3. The highest BCUT2D eigenvalue weighted by atomic mass is 35.5. The van der Waals surface area contributed by atoms with E-state index >= 15 is 4.39 Å². The van der Waals surface area contributed by atoms with Crippen LogP contribution in [0.15, 0.2) is 29.3 Å². The van der Waals surface area contributed by atoms with Gasteiger partial charge in [0, 0.05) is 49.0 Å². The molecule has 0 heterocycles. The Kier molecular flexibility index (Phi) is 12.4. The lowest BCUT2D eigenvalue weighted by atomic mass is 9.33. The molecule has 6 rings (SSSR count). The summed E-state index contributed by atoms with van der Waals surface area (Å²) in [5.74, 6) is -0.702. The van der Waals surface area contributed by atoms with Crippen molar-refractivity contribution in [2.75, 3.05) is 33.7 Å².